The Bertz CT molecular complexity index is 418. The van der Waals surface area contributed by atoms with Crippen LogP contribution in [0.5, 0.6) is 0 Å². The summed E-state index contributed by atoms with van der Waals surface area (Å²) in [6.07, 6.45) is 0.544. The fourth-order valence-corrected chi connectivity index (χ4v) is 1.87. The minimum atomic E-state index is -0.978. The van der Waals surface area contributed by atoms with Gasteiger partial charge in [0.05, 0.1) is 5.56 Å². The van der Waals surface area contributed by atoms with E-state index in [4.69, 9.17) is 10.2 Å². The summed E-state index contributed by atoms with van der Waals surface area (Å²) in [7, 11) is 0. The van der Waals surface area contributed by atoms with Crippen LogP contribution in [0.4, 0.5) is 5.69 Å². The fraction of sp³-hybridized carbons (Fsp3) is 0.417. The minimum absolute atomic E-state index is 0.0545. The van der Waals surface area contributed by atoms with E-state index >= 15 is 0 Å². The van der Waals surface area contributed by atoms with Crippen molar-refractivity contribution >= 4 is 27.6 Å². The first-order valence-corrected chi connectivity index (χ1v) is 6.07. The highest BCUT2D eigenvalue weighted by Crippen LogP contribution is 2.25. The Morgan fingerprint density at radius 3 is 2.65 bits per heavy atom. The van der Waals surface area contributed by atoms with Gasteiger partial charge in [-0.3, -0.25) is 0 Å². The smallest absolute Gasteiger partial charge is 0.337 e. The average molecular weight is 302 g/mol. The van der Waals surface area contributed by atoms with E-state index in [0.717, 1.165) is 4.47 Å². The summed E-state index contributed by atoms with van der Waals surface area (Å²) in [6, 6.07) is 5.05. The molecule has 0 aliphatic rings. The normalized spacial score (nSPS) is 11.3. The van der Waals surface area contributed by atoms with Crippen LogP contribution in [0.2, 0.25) is 0 Å². The Kier molecular flexibility index (Phi) is 4.54. The van der Waals surface area contributed by atoms with Gasteiger partial charge in [-0.05, 0) is 38.5 Å². The van der Waals surface area contributed by atoms with Gasteiger partial charge in [0.25, 0.3) is 0 Å². The van der Waals surface area contributed by atoms with E-state index in [1.807, 2.05) is 13.8 Å². The Labute approximate surface area is 109 Å². The zero-order chi connectivity index (χ0) is 13.1. The summed E-state index contributed by atoms with van der Waals surface area (Å²) in [5.74, 6) is -0.978. The van der Waals surface area contributed by atoms with Gasteiger partial charge in [-0.25, -0.2) is 4.79 Å². The number of halogens is 1. The highest BCUT2D eigenvalue weighted by molar-refractivity contribution is 9.10. The first-order valence-electron chi connectivity index (χ1n) is 5.27. The number of hydrogen-bond acceptors (Lipinski definition) is 3. The van der Waals surface area contributed by atoms with Crippen LogP contribution in [0.15, 0.2) is 22.7 Å². The zero-order valence-electron chi connectivity index (χ0n) is 9.83. The van der Waals surface area contributed by atoms with Crippen molar-refractivity contribution in [3.63, 3.8) is 0 Å². The molecule has 0 amide bonds. The van der Waals surface area contributed by atoms with Crippen LogP contribution < -0.4 is 5.32 Å². The number of aliphatic hydroxyl groups excluding tert-OH is 1. The maximum absolute atomic E-state index is 11.1. The molecule has 4 nitrogen and oxygen atoms in total. The van der Waals surface area contributed by atoms with E-state index in [0.29, 0.717) is 12.1 Å². The molecule has 0 saturated carbocycles. The van der Waals surface area contributed by atoms with Gasteiger partial charge < -0.3 is 15.5 Å². The molecule has 1 rings (SSSR count). The number of carbonyl (C=O) groups is 1. The SMILES string of the molecule is CC(C)(CCO)Nc1ccc(Br)cc1C(=O)O. The largest absolute Gasteiger partial charge is 0.478 e. The number of anilines is 1. The van der Waals surface area contributed by atoms with Crippen molar-refractivity contribution in [3.8, 4) is 0 Å². The lowest BCUT2D eigenvalue weighted by molar-refractivity contribution is 0.0698. The number of aromatic carboxylic acids is 1. The van der Waals surface area contributed by atoms with E-state index in [-0.39, 0.29) is 17.7 Å². The van der Waals surface area contributed by atoms with Crippen molar-refractivity contribution in [2.45, 2.75) is 25.8 Å². The molecule has 5 heteroatoms. The molecule has 17 heavy (non-hydrogen) atoms. The third kappa shape index (κ3) is 4.02. The van der Waals surface area contributed by atoms with E-state index in [9.17, 15) is 4.79 Å². The molecule has 0 aromatic heterocycles. The number of nitrogens with one attached hydrogen (secondary N) is 1. The van der Waals surface area contributed by atoms with Gasteiger partial charge in [0, 0.05) is 22.3 Å². The molecule has 0 spiro atoms. The third-order valence-electron chi connectivity index (χ3n) is 2.42. The number of aliphatic hydroxyl groups is 1. The van der Waals surface area contributed by atoms with Crippen molar-refractivity contribution in [1.82, 2.24) is 0 Å². The summed E-state index contributed by atoms with van der Waals surface area (Å²) in [6.45, 7) is 3.88. The molecule has 0 atom stereocenters. The number of hydrogen-bond donors (Lipinski definition) is 3. The highest BCUT2D eigenvalue weighted by Gasteiger charge is 2.20. The first kappa shape index (κ1) is 14.0. The van der Waals surface area contributed by atoms with Gasteiger partial charge in [-0.2, -0.15) is 0 Å². The Morgan fingerprint density at radius 1 is 1.47 bits per heavy atom. The van der Waals surface area contributed by atoms with Crippen LogP contribution in [0, 0.1) is 0 Å². The third-order valence-corrected chi connectivity index (χ3v) is 2.92. The van der Waals surface area contributed by atoms with Crippen LogP contribution in [0.3, 0.4) is 0 Å². The predicted molar refractivity (Wildman–Crippen MR) is 70.5 cm³/mol. The van der Waals surface area contributed by atoms with Crippen LogP contribution in [0.25, 0.3) is 0 Å². The van der Waals surface area contributed by atoms with E-state index < -0.39 is 5.97 Å². The summed E-state index contributed by atoms with van der Waals surface area (Å²) in [5.41, 5.74) is 0.414. The maximum atomic E-state index is 11.1. The number of rotatable bonds is 5. The second-order valence-electron chi connectivity index (χ2n) is 4.48. The van der Waals surface area contributed by atoms with Crippen molar-refractivity contribution in [2.75, 3.05) is 11.9 Å². The molecule has 0 aliphatic carbocycles. The second-order valence-corrected chi connectivity index (χ2v) is 5.39. The topological polar surface area (TPSA) is 69.6 Å². The molecule has 0 saturated heterocycles. The van der Waals surface area contributed by atoms with E-state index in [1.54, 1.807) is 18.2 Å². The van der Waals surface area contributed by atoms with Gasteiger partial charge in [0.15, 0.2) is 0 Å². The lowest BCUT2D eigenvalue weighted by Crippen LogP contribution is -2.32. The van der Waals surface area contributed by atoms with Crippen LogP contribution in [-0.4, -0.2) is 28.3 Å². The van der Waals surface area contributed by atoms with Crippen molar-refractivity contribution < 1.29 is 15.0 Å². The molecule has 1 aromatic carbocycles. The Morgan fingerprint density at radius 2 is 2.12 bits per heavy atom. The predicted octanol–water partition coefficient (Wildman–Crippen LogP) is 2.72. The van der Waals surface area contributed by atoms with Gasteiger partial charge in [-0.1, -0.05) is 15.9 Å². The molecule has 94 valence electrons. The molecule has 0 aliphatic heterocycles. The van der Waals surface area contributed by atoms with Crippen LogP contribution in [-0.2, 0) is 0 Å². The van der Waals surface area contributed by atoms with Crippen molar-refractivity contribution in [2.24, 2.45) is 0 Å². The summed E-state index contributed by atoms with van der Waals surface area (Å²) in [5, 5.41) is 21.2. The molecule has 3 N–H and O–H groups in total. The van der Waals surface area contributed by atoms with Crippen molar-refractivity contribution in [3.05, 3.63) is 28.2 Å². The summed E-state index contributed by atoms with van der Waals surface area (Å²) >= 11 is 3.24. The number of carboxylic acid groups (broad SMARTS) is 1. The molecule has 0 fully saturated rings. The molecule has 0 unspecified atom stereocenters. The molecule has 1 aromatic rings. The Hall–Kier alpha value is -1.07. The molecule has 0 heterocycles. The lowest BCUT2D eigenvalue weighted by Gasteiger charge is -2.27. The lowest BCUT2D eigenvalue weighted by atomic mass is 10.00. The fourth-order valence-electron chi connectivity index (χ4n) is 1.51. The zero-order valence-corrected chi connectivity index (χ0v) is 11.4. The van der Waals surface area contributed by atoms with E-state index in [1.165, 1.54) is 0 Å². The summed E-state index contributed by atoms with van der Waals surface area (Å²) < 4.78 is 0.723. The monoisotopic (exact) mass is 301 g/mol. The van der Waals surface area contributed by atoms with Crippen LogP contribution >= 0.6 is 15.9 Å². The molecule has 0 radical (unpaired) electrons. The second kappa shape index (κ2) is 5.51. The molecular weight excluding hydrogens is 286 g/mol. The van der Waals surface area contributed by atoms with Gasteiger partial charge in [0.2, 0.25) is 0 Å². The van der Waals surface area contributed by atoms with Gasteiger partial charge in [0.1, 0.15) is 0 Å². The van der Waals surface area contributed by atoms with Gasteiger partial charge in [-0.15, -0.1) is 0 Å². The quantitative estimate of drug-likeness (QED) is 0.782. The van der Waals surface area contributed by atoms with E-state index in [2.05, 4.69) is 21.2 Å². The average Bonchev–Trinajstić information content (AvgIpc) is 2.20. The summed E-state index contributed by atoms with van der Waals surface area (Å²) in [4.78, 5) is 11.1. The van der Waals surface area contributed by atoms with Crippen molar-refractivity contribution in [1.29, 1.82) is 0 Å². The highest BCUT2D eigenvalue weighted by atomic mass is 79.9. The van der Waals surface area contributed by atoms with Gasteiger partial charge >= 0.3 is 5.97 Å². The number of benzene rings is 1. The number of carboxylic acids is 1. The standard InChI is InChI=1S/C12H16BrNO3/c1-12(2,5-6-15)14-10-4-3-8(13)7-9(10)11(16)17/h3-4,7,14-15H,5-6H2,1-2H3,(H,16,17). The Balaban J connectivity index is 3.02. The molecular formula is C12H16BrNO3. The maximum Gasteiger partial charge on any atom is 0.337 e. The minimum Gasteiger partial charge on any atom is -0.478 e. The molecule has 0 bridgehead atoms. The first-order chi connectivity index (χ1) is 7.85. The van der Waals surface area contributed by atoms with Crippen LogP contribution in [0.1, 0.15) is 30.6 Å².